The third kappa shape index (κ3) is 4.81. The normalized spacial score (nSPS) is 12.2. The number of nitrogens with one attached hydrogen (secondary N) is 1. The van der Waals surface area contributed by atoms with E-state index in [0.717, 1.165) is 51.1 Å². The van der Waals surface area contributed by atoms with Gasteiger partial charge in [-0.3, -0.25) is 4.79 Å². The molecule has 3 N–H and O–H groups in total. The molecule has 4 rings (SSSR count). The van der Waals surface area contributed by atoms with E-state index in [1.165, 1.54) is 0 Å². The molecule has 4 aromatic rings. The summed E-state index contributed by atoms with van der Waals surface area (Å²) in [6.07, 6.45) is 3.79. The van der Waals surface area contributed by atoms with Crippen molar-refractivity contribution in [2.75, 3.05) is 41.3 Å². The number of hydrogen-bond acceptors (Lipinski definition) is 5. The lowest BCUT2D eigenvalue weighted by Crippen LogP contribution is -2.39. The predicted octanol–water partition coefficient (Wildman–Crippen LogP) is 3.93. The van der Waals surface area contributed by atoms with Crippen LogP contribution in [0.5, 0.6) is 5.75 Å². The Morgan fingerprint density at radius 1 is 1.03 bits per heavy atom. The SMILES string of the molecule is COc1ccccc1-c1c[nH]c2ncc(-c3cccc(C(N)C(=O)N(C)CCN(C)C)c3)cc12. The van der Waals surface area contributed by atoms with Gasteiger partial charge in [-0.1, -0.05) is 36.4 Å². The quantitative estimate of drug-likeness (QED) is 0.419. The summed E-state index contributed by atoms with van der Waals surface area (Å²) in [6, 6.07) is 17.1. The number of fused-ring (bicyclic) bond motifs is 1. The molecule has 2 aromatic carbocycles. The van der Waals surface area contributed by atoms with Crippen LogP contribution in [0.15, 0.2) is 67.0 Å². The number of ether oxygens (including phenoxy) is 1. The Kier molecular flexibility index (Phi) is 6.95. The van der Waals surface area contributed by atoms with Crippen LogP contribution in [0.2, 0.25) is 0 Å². The Labute approximate surface area is 200 Å². The Bertz CT molecular complexity index is 1300. The molecule has 2 aromatic heterocycles. The summed E-state index contributed by atoms with van der Waals surface area (Å²) in [5.74, 6) is 0.704. The van der Waals surface area contributed by atoms with Gasteiger partial charge in [0.1, 0.15) is 17.4 Å². The Balaban J connectivity index is 1.65. The molecule has 7 heteroatoms. The summed E-state index contributed by atoms with van der Waals surface area (Å²) in [6.45, 7) is 1.41. The Morgan fingerprint density at radius 3 is 2.59 bits per heavy atom. The highest BCUT2D eigenvalue weighted by Crippen LogP contribution is 2.36. The fourth-order valence-electron chi connectivity index (χ4n) is 4.00. The van der Waals surface area contributed by atoms with Crippen LogP contribution >= 0.6 is 0 Å². The van der Waals surface area contributed by atoms with Gasteiger partial charge in [0.25, 0.3) is 0 Å². The van der Waals surface area contributed by atoms with Gasteiger partial charge in [-0.15, -0.1) is 0 Å². The lowest BCUT2D eigenvalue weighted by Gasteiger charge is -2.23. The molecule has 0 fully saturated rings. The monoisotopic (exact) mass is 457 g/mol. The average molecular weight is 458 g/mol. The van der Waals surface area contributed by atoms with Gasteiger partial charge in [0.2, 0.25) is 5.91 Å². The van der Waals surface area contributed by atoms with Crippen molar-refractivity contribution in [2.24, 2.45) is 5.73 Å². The molecule has 1 atom stereocenters. The van der Waals surface area contributed by atoms with Crippen LogP contribution < -0.4 is 10.5 Å². The summed E-state index contributed by atoms with van der Waals surface area (Å²) < 4.78 is 5.56. The van der Waals surface area contributed by atoms with Crippen LogP contribution in [-0.2, 0) is 4.79 Å². The van der Waals surface area contributed by atoms with E-state index in [-0.39, 0.29) is 5.91 Å². The topological polar surface area (TPSA) is 87.5 Å². The van der Waals surface area contributed by atoms with Crippen molar-refractivity contribution >= 4 is 16.9 Å². The molecule has 0 saturated heterocycles. The number of aromatic nitrogens is 2. The Hall–Kier alpha value is -3.68. The van der Waals surface area contributed by atoms with Gasteiger partial charge in [0.05, 0.1) is 7.11 Å². The number of amides is 1. The van der Waals surface area contributed by atoms with Gasteiger partial charge in [0, 0.05) is 54.6 Å². The molecule has 0 radical (unpaired) electrons. The van der Waals surface area contributed by atoms with Crippen molar-refractivity contribution in [1.82, 2.24) is 19.8 Å². The number of benzene rings is 2. The molecule has 0 aliphatic carbocycles. The van der Waals surface area contributed by atoms with Gasteiger partial charge < -0.3 is 25.3 Å². The van der Waals surface area contributed by atoms with E-state index in [1.807, 2.05) is 79.9 Å². The zero-order chi connectivity index (χ0) is 24.2. The van der Waals surface area contributed by atoms with Crippen molar-refractivity contribution in [3.8, 4) is 28.0 Å². The highest BCUT2D eigenvalue weighted by molar-refractivity contribution is 5.97. The van der Waals surface area contributed by atoms with Gasteiger partial charge in [-0.05, 0) is 43.4 Å². The third-order valence-electron chi connectivity index (χ3n) is 6.03. The second-order valence-corrected chi connectivity index (χ2v) is 8.69. The highest BCUT2D eigenvalue weighted by atomic mass is 16.5. The number of nitrogens with two attached hydrogens (primary N) is 1. The lowest BCUT2D eigenvalue weighted by atomic mass is 9.98. The molecule has 0 aliphatic rings. The summed E-state index contributed by atoms with van der Waals surface area (Å²) in [5, 5.41) is 0.996. The van der Waals surface area contributed by atoms with Crippen LogP contribution in [0.25, 0.3) is 33.3 Å². The molecule has 0 bridgehead atoms. The maximum Gasteiger partial charge on any atom is 0.243 e. The maximum atomic E-state index is 12.9. The highest BCUT2D eigenvalue weighted by Gasteiger charge is 2.20. The molecule has 176 valence electrons. The van der Waals surface area contributed by atoms with Crippen molar-refractivity contribution < 1.29 is 9.53 Å². The second-order valence-electron chi connectivity index (χ2n) is 8.69. The van der Waals surface area contributed by atoms with Gasteiger partial charge in [-0.25, -0.2) is 4.98 Å². The van der Waals surface area contributed by atoms with E-state index in [0.29, 0.717) is 6.54 Å². The zero-order valence-electron chi connectivity index (χ0n) is 20.1. The minimum absolute atomic E-state index is 0.100. The Morgan fingerprint density at radius 2 is 1.82 bits per heavy atom. The number of methoxy groups -OCH3 is 1. The van der Waals surface area contributed by atoms with Crippen molar-refractivity contribution in [3.05, 3.63) is 72.6 Å². The van der Waals surface area contributed by atoms with Gasteiger partial charge in [0.15, 0.2) is 0 Å². The number of aromatic amines is 1. The number of carbonyl (C=O) groups is 1. The molecule has 2 heterocycles. The number of para-hydroxylation sites is 1. The number of carbonyl (C=O) groups excluding carboxylic acids is 1. The maximum absolute atomic E-state index is 12.9. The molecule has 0 spiro atoms. The van der Waals surface area contributed by atoms with Gasteiger partial charge >= 0.3 is 0 Å². The van der Waals surface area contributed by atoms with Crippen LogP contribution in [0.3, 0.4) is 0 Å². The predicted molar refractivity (Wildman–Crippen MR) is 137 cm³/mol. The average Bonchev–Trinajstić information content (AvgIpc) is 3.29. The minimum Gasteiger partial charge on any atom is -0.496 e. The number of H-pyrrole nitrogens is 1. The van der Waals surface area contributed by atoms with E-state index in [9.17, 15) is 4.79 Å². The molecule has 0 aliphatic heterocycles. The van der Waals surface area contributed by atoms with E-state index in [4.69, 9.17) is 10.5 Å². The van der Waals surface area contributed by atoms with Crippen LogP contribution in [0.1, 0.15) is 11.6 Å². The van der Waals surface area contributed by atoms with Gasteiger partial charge in [-0.2, -0.15) is 0 Å². The minimum atomic E-state index is -0.722. The number of rotatable bonds is 8. The first-order chi connectivity index (χ1) is 16.4. The van der Waals surface area contributed by atoms with E-state index < -0.39 is 6.04 Å². The first-order valence-corrected chi connectivity index (χ1v) is 11.2. The standard InChI is InChI=1S/C27H31N5O2/c1-31(2)12-13-32(3)27(33)25(28)19-9-7-8-18(14-19)20-15-22-23(17-30-26(22)29-16-20)21-10-5-6-11-24(21)34-4/h5-11,14-17,25H,12-13,28H2,1-4H3,(H,29,30). The molecule has 1 amide bonds. The van der Waals surface area contributed by atoms with Crippen LogP contribution in [0, 0.1) is 0 Å². The summed E-state index contributed by atoms with van der Waals surface area (Å²) in [5.41, 5.74) is 11.9. The first-order valence-electron chi connectivity index (χ1n) is 11.2. The number of hydrogen-bond donors (Lipinski definition) is 2. The van der Waals surface area contributed by atoms with Crippen LogP contribution in [-0.4, -0.2) is 67.0 Å². The zero-order valence-corrected chi connectivity index (χ0v) is 20.1. The fraction of sp³-hybridized carbons (Fsp3) is 0.259. The van der Waals surface area contributed by atoms with Crippen LogP contribution in [0.4, 0.5) is 0 Å². The lowest BCUT2D eigenvalue weighted by molar-refractivity contribution is -0.131. The largest absolute Gasteiger partial charge is 0.496 e. The molecular formula is C27H31N5O2. The van der Waals surface area contributed by atoms with E-state index in [2.05, 4.69) is 16.0 Å². The summed E-state index contributed by atoms with van der Waals surface area (Å²) in [4.78, 5) is 24.5. The second kappa shape index (κ2) is 10.1. The fourth-order valence-corrected chi connectivity index (χ4v) is 4.00. The number of likely N-dealkylation sites (N-methyl/N-ethyl adjacent to an activating group) is 2. The number of pyridine rings is 1. The molecule has 0 saturated carbocycles. The number of nitrogens with zero attached hydrogens (tertiary/aromatic N) is 3. The summed E-state index contributed by atoms with van der Waals surface area (Å²) >= 11 is 0. The van der Waals surface area contributed by atoms with Crippen molar-refractivity contribution in [2.45, 2.75) is 6.04 Å². The summed E-state index contributed by atoms with van der Waals surface area (Å²) in [7, 11) is 7.43. The third-order valence-corrected chi connectivity index (χ3v) is 6.03. The van der Waals surface area contributed by atoms with Crippen molar-refractivity contribution in [3.63, 3.8) is 0 Å². The van der Waals surface area contributed by atoms with E-state index >= 15 is 0 Å². The molecule has 1 unspecified atom stereocenters. The molecule has 7 nitrogen and oxygen atoms in total. The first kappa shape index (κ1) is 23.5. The van der Waals surface area contributed by atoms with E-state index in [1.54, 1.807) is 19.1 Å². The molecule has 34 heavy (non-hydrogen) atoms. The smallest absolute Gasteiger partial charge is 0.243 e. The molecular weight excluding hydrogens is 426 g/mol. The van der Waals surface area contributed by atoms with Crippen molar-refractivity contribution in [1.29, 1.82) is 0 Å².